The molecule has 1 aromatic rings. The van der Waals surface area contributed by atoms with Crippen LogP contribution in [0.25, 0.3) is 0 Å². The fourth-order valence-electron chi connectivity index (χ4n) is 2.84. The highest BCUT2D eigenvalue weighted by Gasteiger charge is 2.41. The van der Waals surface area contributed by atoms with E-state index in [2.05, 4.69) is 25.6 Å². The molecule has 21 heavy (non-hydrogen) atoms. The third-order valence-electron chi connectivity index (χ3n) is 4.17. The van der Waals surface area contributed by atoms with Crippen LogP contribution >= 0.6 is 0 Å². The average Bonchev–Trinajstić information content (AvgIpc) is 3.34. The van der Waals surface area contributed by atoms with Gasteiger partial charge < -0.3 is 15.4 Å². The zero-order chi connectivity index (χ0) is 14.7. The Bertz CT molecular complexity index is 437. The van der Waals surface area contributed by atoms with Crippen molar-refractivity contribution in [2.45, 2.75) is 39.5 Å². The first kappa shape index (κ1) is 14.4. The molecule has 0 unspecified atom stereocenters. The molecule has 0 aromatic carbocycles. The Morgan fingerprint density at radius 2 is 1.62 bits per heavy atom. The number of ether oxygens (including phenoxy) is 1. The van der Waals surface area contributed by atoms with Crippen molar-refractivity contribution in [3.63, 3.8) is 0 Å². The predicted molar refractivity (Wildman–Crippen MR) is 82.6 cm³/mol. The minimum Gasteiger partial charge on any atom is -0.464 e. The number of nitrogens with zero attached hydrogens (tertiary/aromatic N) is 3. The van der Waals surface area contributed by atoms with Crippen LogP contribution in [-0.2, 0) is 0 Å². The summed E-state index contributed by atoms with van der Waals surface area (Å²) in [5.74, 6) is 3.83. The van der Waals surface area contributed by atoms with Crippen LogP contribution in [0.2, 0.25) is 0 Å². The van der Waals surface area contributed by atoms with Crippen molar-refractivity contribution in [3.8, 4) is 6.01 Å². The van der Waals surface area contributed by atoms with Gasteiger partial charge in [-0.1, -0.05) is 0 Å². The monoisotopic (exact) mass is 291 g/mol. The summed E-state index contributed by atoms with van der Waals surface area (Å²) in [7, 11) is 0. The second kappa shape index (κ2) is 6.45. The molecule has 0 spiro atoms. The molecule has 0 bridgehead atoms. The van der Waals surface area contributed by atoms with Crippen LogP contribution in [-0.4, -0.2) is 34.6 Å². The van der Waals surface area contributed by atoms with Crippen molar-refractivity contribution >= 4 is 11.9 Å². The van der Waals surface area contributed by atoms with Crippen molar-refractivity contribution in [2.75, 3.05) is 30.3 Å². The molecule has 2 aliphatic carbocycles. The van der Waals surface area contributed by atoms with Crippen molar-refractivity contribution in [3.05, 3.63) is 0 Å². The van der Waals surface area contributed by atoms with E-state index >= 15 is 0 Å². The normalized spacial score (nSPS) is 17.9. The molecule has 0 saturated heterocycles. The average molecular weight is 291 g/mol. The minimum atomic E-state index is 0.389. The Kier molecular flexibility index (Phi) is 4.41. The molecule has 1 aromatic heterocycles. The third-order valence-corrected chi connectivity index (χ3v) is 4.17. The second-order valence-electron chi connectivity index (χ2n) is 5.95. The molecule has 2 fully saturated rings. The second-order valence-corrected chi connectivity index (χ2v) is 5.95. The van der Waals surface area contributed by atoms with Gasteiger partial charge in [-0.25, -0.2) is 0 Å². The topological polar surface area (TPSA) is 72.0 Å². The summed E-state index contributed by atoms with van der Waals surface area (Å²) in [4.78, 5) is 13.0. The highest BCUT2D eigenvalue weighted by molar-refractivity contribution is 5.35. The first-order valence-electron chi connectivity index (χ1n) is 8.16. The Labute approximate surface area is 126 Å². The van der Waals surface area contributed by atoms with Crippen LogP contribution in [0.15, 0.2) is 0 Å². The van der Waals surface area contributed by atoms with Crippen LogP contribution in [0.1, 0.15) is 39.5 Å². The number of aromatic nitrogens is 3. The van der Waals surface area contributed by atoms with E-state index in [1.165, 1.54) is 25.7 Å². The Balaban J connectivity index is 1.64. The Hall–Kier alpha value is -1.59. The largest absolute Gasteiger partial charge is 0.464 e. The maximum atomic E-state index is 5.42. The molecular weight excluding hydrogens is 266 g/mol. The van der Waals surface area contributed by atoms with Gasteiger partial charge in [0.2, 0.25) is 11.9 Å². The number of rotatable bonds is 9. The van der Waals surface area contributed by atoms with Gasteiger partial charge in [0.15, 0.2) is 0 Å². The molecule has 2 saturated carbocycles. The molecule has 0 atom stereocenters. The molecule has 3 rings (SSSR count). The van der Waals surface area contributed by atoms with Gasteiger partial charge in [0.1, 0.15) is 0 Å². The summed E-state index contributed by atoms with van der Waals surface area (Å²) in [5, 5.41) is 6.53. The fraction of sp³-hybridized carbons (Fsp3) is 0.800. The Morgan fingerprint density at radius 3 is 2.14 bits per heavy atom. The van der Waals surface area contributed by atoms with Gasteiger partial charge in [-0.3, -0.25) is 0 Å². The number of anilines is 2. The maximum Gasteiger partial charge on any atom is 0.323 e. The summed E-state index contributed by atoms with van der Waals surface area (Å²) in [6, 6.07) is 0.389. The summed E-state index contributed by atoms with van der Waals surface area (Å²) in [5.41, 5.74) is 0. The quantitative estimate of drug-likeness (QED) is 0.728. The molecule has 0 amide bonds. The number of hydrogen-bond acceptors (Lipinski definition) is 6. The van der Waals surface area contributed by atoms with Crippen LogP contribution in [0, 0.1) is 17.8 Å². The smallest absolute Gasteiger partial charge is 0.323 e. The number of hydrogen-bond donors (Lipinski definition) is 2. The van der Waals surface area contributed by atoms with Gasteiger partial charge in [-0.15, -0.1) is 0 Å². The van der Waals surface area contributed by atoms with Gasteiger partial charge in [-0.2, -0.15) is 15.0 Å². The van der Waals surface area contributed by atoms with E-state index in [0.29, 0.717) is 24.5 Å². The van der Waals surface area contributed by atoms with E-state index in [-0.39, 0.29) is 0 Å². The van der Waals surface area contributed by atoms with Crippen molar-refractivity contribution < 1.29 is 4.74 Å². The molecular formula is C15H25N5O. The fourth-order valence-corrected chi connectivity index (χ4v) is 2.84. The van der Waals surface area contributed by atoms with E-state index < -0.39 is 0 Å². The van der Waals surface area contributed by atoms with E-state index in [1.807, 2.05) is 13.8 Å². The highest BCUT2D eigenvalue weighted by Crippen LogP contribution is 2.49. The number of nitrogens with one attached hydrogen (secondary N) is 2. The highest BCUT2D eigenvalue weighted by atomic mass is 16.5. The standard InChI is InChI=1S/C15H25N5O/c1-3-16-13-18-14(20-15(19-13)21-4-2)17-9-12(10-5-6-10)11-7-8-11/h10-12H,3-9H2,1-2H3,(H2,16,17,18,19,20). The lowest BCUT2D eigenvalue weighted by atomic mass is 9.98. The lowest BCUT2D eigenvalue weighted by molar-refractivity contribution is 0.312. The molecule has 0 radical (unpaired) electrons. The Morgan fingerprint density at radius 1 is 1.00 bits per heavy atom. The van der Waals surface area contributed by atoms with E-state index in [9.17, 15) is 0 Å². The molecule has 0 aliphatic heterocycles. The lowest BCUT2D eigenvalue weighted by Crippen LogP contribution is -2.20. The van der Waals surface area contributed by atoms with Crippen LogP contribution in [0.3, 0.4) is 0 Å². The molecule has 6 heteroatoms. The minimum absolute atomic E-state index is 0.389. The van der Waals surface area contributed by atoms with Gasteiger partial charge in [0.25, 0.3) is 0 Å². The molecule has 6 nitrogen and oxygen atoms in total. The molecule has 2 aliphatic rings. The summed E-state index contributed by atoms with van der Waals surface area (Å²) in [6.07, 6.45) is 5.58. The predicted octanol–water partition coefficient (Wildman–Crippen LogP) is 2.55. The van der Waals surface area contributed by atoms with Gasteiger partial charge in [0.05, 0.1) is 6.61 Å². The molecule has 116 valence electrons. The van der Waals surface area contributed by atoms with Crippen molar-refractivity contribution in [1.82, 2.24) is 15.0 Å². The summed E-state index contributed by atoms with van der Waals surface area (Å²) >= 11 is 0. The van der Waals surface area contributed by atoms with Crippen LogP contribution < -0.4 is 15.4 Å². The van der Waals surface area contributed by atoms with Crippen molar-refractivity contribution in [2.24, 2.45) is 17.8 Å². The van der Waals surface area contributed by atoms with Gasteiger partial charge in [0, 0.05) is 13.1 Å². The maximum absolute atomic E-state index is 5.42. The first-order chi connectivity index (χ1) is 10.3. The molecule has 1 heterocycles. The van der Waals surface area contributed by atoms with Crippen molar-refractivity contribution in [1.29, 1.82) is 0 Å². The SMILES string of the molecule is CCNc1nc(NCC(C2CC2)C2CC2)nc(OCC)n1. The summed E-state index contributed by atoms with van der Waals surface area (Å²) in [6.45, 7) is 6.26. The molecule has 2 N–H and O–H groups in total. The van der Waals surface area contributed by atoms with E-state index in [0.717, 1.165) is 30.8 Å². The third kappa shape index (κ3) is 3.95. The van der Waals surface area contributed by atoms with Gasteiger partial charge in [-0.05, 0) is 57.3 Å². The first-order valence-corrected chi connectivity index (χ1v) is 8.16. The lowest BCUT2D eigenvalue weighted by Gasteiger charge is -2.16. The zero-order valence-corrected chi connectivity index (χ0v) is 12.9. The van der Waals surface area contributed by atoms with Crippen LogP contribution in [0.4, 0.5) is 11.9 Å². The summed E-state index contributed by atoms with van der Waals surface area (Å²) < 4.78 is 5.42. The zero-order valence-electron chi connectivity index (χ0n) is 12.9. The van der Waals surface area contributed by atoms with Crippen LogP contribution in [0.5, 0.6) is 6.01 Å². The van der Waals surface area contributed by atoms with Gasteiger partial charge >= 0.3 is 6.01 Å². The van der Waals surface area contributed by atoms with E-state index in [4.69, 9.17) is 4.74 Å². The van der Waals surface area contributed by atoms with E-state index in [1.54, 1.807) is 0 Å².